The van der Waals surface area contributed by atoms with E-state index in [0.717, 1.165) is 24.3 Å². The fourth-order valence-corrected chi connectivity index (χ4v) is 2.94. The molecular formula is C14H19N3O3. The number of carbonyl (C=O) groups excluding carboxylic acids is 2. The molecule has 1 aromatic heterocycles. The van der Waals surface area contributed by atoms with Gasteiger partial charge in [0.15, 0.2) is 0 Å². The minimum Gasteiger partial charge on any atom is -0.444 e. The van der Waals surface area contributed by atoms with Crippen molar-refractivity contribution in [1.82, 2.24) is 14.8 Å². The van der Waals surface area contributed by atoms with E-state index in [2.05, 4.69) is 4.98 Å². The predicted octanol–water partition coefficient (Wildman–Crippen LogP) is 1.01. The fraction of sp³-hybridized carbons (Fsp3) is 0.643. The monoisotopic (exact) mass is 277 g/mol. The first kappa shape index (κ1) is 13.1. The lowest BCUT2D eigenvalue weighted by atomic mass is 10.2. The molecule has 0 N–H and O–H groups in total. The van der Waals surface area contributed by atoms with Gasteiger partial charge < -0.3 is 14.2 Å². The van der Waals surface area contributed by atoms with Crippen LogP contribution >= 0.6 is 0 Å². The van der Waals surface area contributed by atoms with Gasteiger partial charge >= 0.3 is 0 Å². The quantitative estimate of drug-likeness (QED) is 0.809. The van der Waals surface area contributed by atoms with Crippen LogP contribution in [0.15, 0.2) is 4.42 Å². The zero-order chi connectivity index (χ0) is 14.3. The van der Waals surface area contributed by atoms with Gasteiger partial charge in [-0.25, -0.2) is 4.98 Å². The summed E-state index contributed by atoms with van der Waals surface area (Å²) in [5, 5.41) is 0. The highest BCUT2D eigenvalue weighted by Gasteiger charge is 2.39. The highest BCUT2D eigenvalue weighted by molar-refractivity contribution is 5.90. The van der Waals surface area contributed by atoms with E-state index in [1.165, 1.54) is 0 Å². The van der Waals surface area contributed by atoms with E-state index >= 15 is 0 Å². The fourth-order valence-electron chi connectivity index (χ4n) is 2.94. The topological polar surface area (TPSA) is 66.7 Å². The van der Waals surface area contributed by atoms with Crippen LogP contribution in [0, 0.1) is 13.8 Å². The lowest BCUT2D eigenvalue weighted by Crippen LogP contribution is -2.43. The Morgan fingerprint density at radius 2 is 2.10 bits per heavy atom. The van der Waals surface area contributed by atoms with Crippen LogP contribution in [0.25, 0.3) is 0 Å². The van der Waals surface area contributed by atoms with Crippen LogP contribution in [0.3, 0.4) is 0 Å². The Bertz CT molecular complexity index is 532. The first-order valence-electron chi connectivity index (χ1n) is 7.07. The third-order valence-corrected chi connectivity index (χ3v) is 4.16. The van der Waals surface area contributed by atoms with Crippen molar-refractivity contribution in [1.29, 1.82) is 0 Å². The Labute approximate surface area is 117 Å². The summed E-state index contributed by atoms with van der Waals surface area (Å²) in [6, 6.07) is -0.276. The number of oxazole rings is 1. The van der Waals surface area contributed by atoms with Gasteiger partial charge in [-0.15, -0.1) is 0 Å². The smallest absolute Gasteiger partial charge is 0.245 e. The molecule has 0 aliphatic carbocycles. The molecule has 108 valence electrons. The molecule has 1 unspecified atom stereocenters. The van der Waals surface area contributed by atoms with Crippen molar-refractivity contribution in [2.75, 3.05) is 13.1 Å². The van der Waals surface area contributed by atoms with Crippen LogP contribution in [-0.4, -0.2) is 45.7 Å². The second-order valence-electron chi connectivity index (χ2n) is 5.50. The largest absolute Gasteiger partial charge is 0.444 e. The lowest BCUT2D eigenvalue weighted by molar-refractivity contribution is -0.139. The van der Waals surface area contributed by atoms with E-state index in [1.807, 2.05) is 13.8 Å². The summed E-state index contributed by atoms with van der Waals surface area (Å²) in [5.41, 5.74) is 0.848. The molecule has 6 nitrogen and oxygen atoms in total. The predicted molar refractivity (Wildman–Crippen MR) is 70.7 cm³/mol. The molecule has 2 aliphatic rings. The molecule has 2 amide bonds. The van der Waals surface area contributed by atoms with Gasteiger partial charge in [-0.2, -0.15) is 0 Å². The molecule has 2 aliphatic heterocycles. The number of hydrogen-bond acceptors (Lipinski definition) is 4. The van der Waals surface area contributed by atoms with E-state index in [-0.39, 0.29) is 17.9 Å². The summed E-state index contributed by atoms with van der Waals surface area (Å²) >= 11 is 0. The summed E-state index contributed by atoms with van der Waals surface area (Å²) in [6.45, 7) is 5.25. The van der Waals surface area contributed by atoms with Gasteiger partial charge in [0.05, 0.1) is 12.2 Å². The molecule has 6 heteroatoms. The van der Waals surface area contributed by atoms with Crippen molar-refractivity contribution in [3.63, 3.8) is 0 Å². The molecule has 20 heavy (non-hydrogen) atoms. The first-order valence-corrected chi connectivity index (χ1v) is 7.07. The summed E-state index contributed by atoms with van der Waals surface area (Å²) in [7, 11) is 0. The Morgan fingerprint density at radius 1 is 1.30 bits per heavy atom. The number of nitrogens with zero attached hydrogens (tertiary/aromatic N) is 3. The number of fused-ring (bicyclic) bond motifs is 1. The van der Waals surface area contributed by atoms with Crippen molar-refractivity contribution in [2.45, 2.75) is 45.7 Å². The molecule has 2 fully saturated rings. The molecule has 3 heterocycles. The average molecular weight is 277 g/mol. The number of aryl methyl sites for hydroxylation is 2. The second-order valence-corrected chi connectivity index (χ2v) is 5.50. The minimum absolute atomic E-state index is 0.0295. The molecule has 0 saturated carbocycles. The van der Waals surface area contributed by atoms with Crippen molar-refractivity contribution in [2.24, 2.45) is 0 Å². The van der Waals surface area contributed by atoms with Gasteiger partial charge in [-0.3, -0.25) is 9.59 Å². The van der Waals surface area contributed by atoms with Gasteiger partial charge in [-0.1, -0.05) is 0 Å². The molecular weight excluding hydrogens is 258 g/mol. The van der Waals surface area contributed by atoms with Crippen LogP contribution < -0.4 is 0 Å². The third kappa shape index (κ3) is 2.19. The van der Waals surface area contributed by atoms with E-state index in [9.17, 15) is 9.59 Å². The van der Waals surface area contributed by atoms with Gasteiger partial charge in [0.2, 0.25) is 17.7 Å². The Hall–Kier alpha value is -1.85. The first-order chi connectivity index (χ1) is 9.56. The van der Waals surface area contributed by atoms with Crippen LogP contribution in [0.1, 0.15) is 36.6 Å². The molecule has 1 aromatic rings. The van der Waals surface area contributed by atoms with Gasteiger partial charge in [0.25, 0.3) is 0 Å². The second kappa shape index (κ2) is 4.92. The lowest BCUT2D eigenvalue weighted by Gasteiger charge is -2.24. The number of carbonyl (C=O) groups is 2. The molecule has 0 spiro atoms. The van der Waals surface area contributed by atoms with Crippen LogP contribution in [0.5, 0.6) is 0 Å². The van der Waals surface area contributed by atoms with E-state index < -0.39 is 0 Å². The maximum absolute atomic E-state index is 12.5. The highest BCUT2D eigenvalue weighted by Crippen LogP contribution is 2.24. The van der Waals surface area contributed by atoms with E-state index in [4.69, 9.17) is 4.42 Å². The van der Waals surface area contributed by atoms with Crippen molar-refractivity contribution >= 4 is 11.8 Å². The maximum atomic E-state index is 12.5. The van der Waals surface area contributed by atoms with Gasteiger partial charge in [0, 0.05) is 19.5 Å². The third-order valence-electron chi connectivity index (χ3n) is 4.16. The van der Waals surface area contributed by atoms with Crippen molar-refractivity contribution in [3.05, 3.63) is 17.3 Å². The van der Waals surface area contributed by atoms with E-state index in [1.54, 1.807) is 9.80 Å². The normalized spacial score (nSPS) is 23.2. The van der Waals surface area contributed by atoms with Crippen LogP contribution in [0.4, 0.5) is 0 Å². The average Bonchev–Trinajstić information content (AvgIpc) is 2.98. The minimum atomic E-state index is -0.276. The molecule has 3 rings (SSSR count). The van der Waals surface area contributed by atoms with Gasteiger partial charge in [0.1, 0.15) is 11.8 Å². The zero-order valence-electron chi connectivity index (χ0n) is 11.9. The Balaban J connectivity index is 1.79. The van der Waals surface area contributed by atoms with Crippen molar-refractivity contribution < 1.29 is 14.0 Å². The number of aromatic nitrogens is 1. The van der Waals surface area contributed by atoms with Gasteiger partial charge in [-0.05, 0) is 26.7 Å². The summed E-state index contributed by atoms with van der Waals surface area (Å²) < 4.78 is 5.54. The zero-order valence-corrected chi connectivity index (χ0v) is 11.9. The molecule has 0 aromatic carbocycles. The molecule has 2 saturated heterocycles. The summed E-state index contributed by atoms with van der Waals surface area (Å²) in [4.78, 5) is 32.3. The summed E-state index contributed by atoms with van der Waals surface area (Å²) in [5.74, 6) is 1.44. The van der Waals surface area contributed by atoms with Crippen molar-refractivity contribution in [3.8, 4) is 0 Å². The summed E-state index contributed by atoms with van der Waals surface area (Å²) in [6.07, 6.45) is 2.07. The Morgan fingerprint density at radius 3 is 2.80 bits per heavy atom. The SMILES string of the molecule is Cc1nc(CN2CCC(=O)N3CCCC3C2=O)oc1C. The molecule has 1 atom stereocenters. The number of rotatable bonds is 2. The Kier molecular flexibility index (Phi) is 3.23. The van der Waals surface area contributed by atoms with Crippen LogP contribution in [0.2, 0.25) is 0 Å². The van der Waals surface area contributed by atoms with E-state index in [0.29, 0.717) is 31.9 Å². The standard InChI is InChI=1S/C14H19N3O3/c1-9-10(2)20-12(15-9)8-16-7-5-13(18)17-6-3-4-11(17)14(16)19/h11H,3-8H2,1-2H3. The molecule has 0 radical (unpaired) electrons. The maximum Gasteiger partial charge on any atom is 0.245 e. The number of amides is 2. The molecule has 0 bridgehead atoms. The van der Waals surface area contributed by atoms with Crippen LogP contribution in [-0.2, 0) is 16.1 Å². The number of hydrogen-bond donors (Lipinski definition) is 0. The highest BCUT2D eigenvalue weighted by atomic mass is 16.4.